The summed E-state index contributed by atoms with van der Waals surface area (Å²) in [4.78, 5) is 11.8. The van der Waals surface area contributed by atoms with Gasteiger partial charge in [0.05, 0.1) is 18.0 Å². The summed E-state index contributed by atoms with van der Waals surface area (Å²) in [6, 6.07) is 7.17. The first-order chi connectivity index (χ1) is 8.66. The van der Waals surface area contributed by atoms with E-state index in [1.165, 1.54) is 0 Å². The summed E-state index contributed by atoms with van der Waals surface area (Å²) in [6.07, 6.45) is 5.00. The average Bonchev–Trinajstić information content (AvgIpc) is 2.75. The normalized spacial score (nSPS) is 10.8. The number of carbonyl (C=O) groups is 1. The number of nitrogens with one attached hydrogen (secondary N) is 1. The zero-order valence-electron chi connectivity index (χ0n) is 9.67. The molecule has 0 spiro atoms. The van der Waals surface area contributed by atoms with Gasteiger partial charge in [-0.3, -0.25) is 9.48 Å². The summed E-state index contributed by atoms with van der Waals surface area (Å²) < 4.78 is 2.40. The molecule has 0 saturated carbocycles. The molecule has 1 aromatic heterocycles. The van der Waals surface area contributed by atoms with Crippen LogP contribution in [-0.2, 0) is 7.05 Å². The number of rotatable bonds is 3. The lowest BCUT2D eigenvalue weighted by Crippen LogP contribution is -2.17. The SMILES string of the molecule is Cn1cc(/C=N/NC(=O)c2ccccc2Br)cn1. The molecular weight excluding hydrogens is 296 g/mol. The first kappa shape index (κ1) is 12.5. The molecule has 5 nitrogen and oxygen atoms in total. The highest BCUT2D eigenvalue weighted by molar-refractivity contribution is 9.10. The Balaban J connectivity index is 2.01. The third kappa shape index (κ3) is 3.04. The molecule has 1 aromatic carbocycles. The van der Waals surface area contributed by atoms with Gasteiger partial charge in [0.1, 0.15) is 0 Å². The molecule has 92 valence electrons. The monoisotopic (exact) mass is 306 g/mol. The van der Waals surface area contributed by atoms with Crippen molar-refractivity contribution in [3.63, 3.8) is 0 Å². The molecule has 1 N–H and O–H groups in total. The molecular formula is C12H11BrN4O. The van der Waals surface area contributed by atoms with Crippen molar-refractivity contribution in [1.29, 1.82) is 0 Å². The van der Waals surface area contributed by atoms with E-state index in [4.69, 9.17) is 0 Å². The fraction of sp³-hybridized carbons (Fsp3) is 0.0833. The highest BCUT2D eigenvalue weighted by Crippen LogP contribution is 2.15. The molecule has 0 unspecified atom stereocenters. The van der Waals surface area contributed by atoms with Crippen LogP contribution < -0.4 is 5.43 Å². The number of aromatic nitrogens is 2. The second-order valence-corrected chi connectivity index (χ2v) is 4.48. The number of benzene rings is 1. The number of hydrogen-bond donors (Lipinski definition) is 1. The van der Waals surface area contributed by atoms with Crippen LogP contribution in [0.25, 0.3) is 0 Å². The molecule has 1 amide bonds. The second kappa shape index (κ2) is 5.59. The molecule has 1 heterocycles. The van der Waals surface area contributed by atoms with Crippen LogP contribution in [0.5, 0.6) is 0 Å². The first-order valence-corrected chi connectivity index (χ1v) is 6.02. The van der Waals surface area contributed by atoms with Gasteiger partial charge in [0.25, 0.3) is 5.91 Å². The summed E-state index contributed by atoms with van der Waals surface area (Å²) >= 11 is 3.31. The van der Waals surface area contributed by atoms with E-state index in [1.54, 1.807) is 41.5 Å². The molecule has 0 aliphatic carbocycles. The third-order valence-electron chi connectivity index (χ3n) is 2.22. The lowest BCUT2D eigenvalue weighted by atomic mass is 10.2. The van der Waals surface area contributed by atoms with Gasteiger partial charge in [0, 0.05) is 23.3 Å². The van der Waals surface area contributed by atoms with Gasteiger partial charge in [-0.05, 0) is 28.1 Å². The van der Waals surface area contributed by atoms with Crippen LogP contribution in [0.3, 0.4) is 0 Å². The van der Waals surface area contributed by atoms with E-state index in [0.717, 1.165) is 10.0 Å². The fourth-order valence-electron chi connectivity index (χ4n) is 1.38. The molecule has 0 bridgehead atoms. The molecule has 0 aliphatic heterocycles. The second-order valence-electron chi connectivity index (χ2n) is 3.63. The van der Waals surface area contributed by atoms with Gasteiger partial charge in [-0.2, -0.15) is 10.2 Å². The van der Waals surface area contributed by atoms with Crippen molar-refractivity contribution >= 4 is 28.1 Å². The van der Waals surface area contributed by atoms with Gasteiger partial charge in [0.2, 0.25) is 0 Å². The molecule has 0 atom stereocenters. The number of nitrogens with zero attached hydrogens (tertiary/aromatic N) is 3. The van der Waals surface area contributed by atoms with Gasteiger partial charge in [0.15, 0.2) is 0 Å². The van der Waals surface area contributed by atoms with Crippen molar-refractivity contribution in [2.75, 3.05) is 0 Å². The molecule has 18 heavy (non-hydrogen) atoms. The first-order valence-electron chi connectivity index (χ1n) is 5.23. The fourth-order valence-corrected chi connectivity index (χ4v) is 1.84. The summed E-state index contributed by atoms with van der Waals surface area (Å²) in [5.74, 6) is -0.261. The van der Waals surface area contributed by atoms with Crippen molar-refractivity contribution in [1.82, 2.24) is 15.2 Å². The standard InChI is InChI=1S/C12H11BrN4O/c1-17-8-9(7-15-17)6-14-16-12(18)10-4-2-3-5-11(10)13/h2-8H,1H3,(H,16,18)/b14-6+. The van der Waals surface area contributed by atoms with Crippen LogP contribution in [0.15, 0.2) is 46.2 Å². The van der Waals surface area contributed by atoms with Gasteiger partial charge in [-0.15, -0.1) is 0 Å². The van der Waals surface area contributed by atoms with Crippen LogP contribution in [0, 0.1) is 0 Å². The van der Waals surface area contributed by atoms with E-state index in [1.807, 2.05) is 13.1 Å². The minimum absolute atomic E-state index is 0.261. The zero-order valence-corrected chi connectivity index (χ0v) is 11.3. The van der Waals surface area contributed by atoms with Crippen LogP contribution in [0.4, 0.5) is 0 Å². The lowest BCUT2D eigenvalue weighted by Gasteiger charge is -2.01. The number of aryl methyl sites for hydroxylation is 1. The Morgan fingerprint density at radius 3 is 2.94 bits per heavy atom. The molecule has 2 aromatic rings. The molecule has 6 heteroatoms. The Morgan fingerprint density at radius 1 is 1.50 bits per heavy atom. The maximum Gasteiger partial charge on any atom is 0.272 e. The van der Waals surface area contributed by atoms with Crippen LogP contribution in [0.1, 0.15) is 15.9 Å². The number of amides is 1. The van der Waals surface area contributed by atoms with Crippen LogP contribution in [0.2, 0.25) is 0 Å². The van der Waals surface area contributed by atoms with Crippen molar-refractivity contribution < 1.29 is 4.79 Å². The quantitative estimate of drug-likeness (QED) is 0.696. The number of carbonyl (C=O) groups excluding carboxylic acids is 1. The van der Waals surface area contributed by atoms with Gasteiger partial charge < -0.3 is 0 Å². The highest BCUT2D eigenvalue weighted by Gasteiger charge is 2.07. The molecule has 0 fully saturated rings. The predicted molar refractivity (Wildman–Crippen MR) is 72.4 cm³/mol. The van der Waals surface area contributed by atoms with E-state index in [2.05, 4.69) is 31.6 Å². The largest absolute Gasteiger partial charge is 0.275 e. The third-order valence-corrected chi connectivity index (χ3v) is 2.91. The summed E-state index contributed by atoms with van der Waals surface area (Å²) in [5.41, 5.74) is 3.83. The zero-order chi connectivity index (χ0) is 13.0. The van der Waals surface area contributed by atoms with Crippen molar-refractivity contribution in [2.45, 2.75) is 0 Å². The Kier molecular flexibility index (Phi) is 3.88. The van der Waals surface area contributed by atoms with Crippen LogP contribution >= 0.6 is 15.9 Å². The minimum Gasteiger partial charge on any atom is -0.275 e. The summed E-state index contributed by atoms with van der Waals surface area (Å²) in [7, 11) is 1.82. The van der Waals surface area contributed by atoms with Crippen molar-refractivity contribution in [3.05, 3.63) is 52.3 Å². The predicted octanol–water partition coefficient (Wildman–Crippen LogP) is 1.95. The van der Waals surface area contributed by atoms with Gasteiger partial charge in [-0.25, -0.2) is 5.43 Å². The van der Waals surface area contributed by atoms with E-state index in [0.29, 0.717) is 5.56 Å². The Morgan fingerprint density at radius 2 is 2.28 bits per heavy atom. The van der Waals surface area contributed by atoms with Crippen molar-refractivity contribution in [3.8, 4) is 0 Å². The highest BCUT2D eigenvalue weighted by atomic mass is 79.9. The molecule has 2 rings (SSSR count). The Bertz CT molecular complexity index is 591. The Hall–Kier alpha value is -1.95. The molecule has 0 radical (unpaired) electrons. The molecule has 0 saturated heterocycles. The Labute approximate surface area is 113 Å². The topological polar surface area (TPSA) is 59.3 Å². The van der Waals surface area contributed by atoms with E-state index in [9.17, 15) is 4.79 Å². The average molecular weight is 307 g/mol. The number of halogens is 1. The number of hydrazone groups is 1. The molecule has 0 aliphatic rings. The lowest BCUT2D eigenvalue weighted by molar-refractivity contribution is 0.0954. The van der Waals surface area contributed by atoms with Gasteiger partial charge in [-0.1, -0.05) is 12.1 Å². The van der Waals surface area contributed by atoms with Gasteiger partial charge >= 0.3 is 0 Å². The maximum absolute atomic E-state index is 11.8. The van der Waals surface area contributed by atoms with Crippen molar-refractivity contribution in [2.24, 2.45) is 12.1 Å². The van der Waals surface area contributed by atoms with E-state index < -0.39 is 0 Å². The smallest absolute Gasteiger partial charge is 0.272 e. The van der Waals surface area contributed by atoms with E-state index >= 15 is 0 Å². The summed E-state index contributed by atoms with van der Waals surface area (Å²) in [6.45, 7) is 0. The van der Waals surface area contributed by atoms with E-state index in [-0.39, 0.29) is 5.91 Å². The minimum atomic E-state index is -0.261. The summed E-state index contributed by atoms with van der Waals surface area (Å²) in [5, 5.41) is 7.87. The maximum atomic E-state index is 11.8. The van der Waals surface area contributed by atoms with Crippen LogP contribution in [-0.4, -0.2) is 21.9 Å². The number of hydrogen-bond acceptors (Lipinski definition) is 3.